The summed E-state index contributed by atoms with van der Waals surface area (Å²) in [5.41, 5.74) is 4.04. The summed E-state index contributed by atoms with van der Waals surface area (Å²) in [5, 5.41) is 3.57. The Morgan fingerprint density at radius 1 is 0.882 bits per heavy atom. The highest BCUT2D eigenvalue weighted by Gasteiger charge is 2.47. The second-order valence-corrected chi connectivity index (χ2v) is 12.2. The molecule has 5 nitrogen and oxygen atoms in total. The maximum Gasteiger partial charge on any atom is 0.162 e. The number of nitrogens with one attached hydrogen (secondary N) is 1. The normalized spacial score (nSPS) is 21.7. The third-order valence-corrected chi connectivity index (χ3v) is 7.54. The largest absolute Gasteiger partial charge is 0.490 e. The lowest BCUT2D eigenvalue weighted by Crippen LogP contribution is -2.42. The van der Waals surface area contributed by atoms with Crippen LogP contribution in [0.25, 0.3) is 0 Å². The van der Waals surface area contributed by atoms with Gasteiger partial charge in [0.1, 0.15) is 0 Å². The van der Waals surface area contributed by atoms with Gasteiger partial charge in [-0.1, -0.05) is 50.5 Å². The van der Waals surface area contributed by atoms with Crippen molar-refractivity contribution in [3.05, 3.63) is 44.7 Å². The first-order chi connectivity index (χ1) is 16.0. The Bertz CT molecular complexity index is 1040. The number of dihydropyridines is 1. The minimum Gasteiger partial charge on any atom is -0.490 e. The molecule has 0 unspecified atom stereocenters. The summed E-state index contributed by atoms with van der Waals surface area (Å²) in [7, 11) is 0. The molecule has 1 N–H and O–H groups in total. The van der Waals surface area contributed by atoms with E-state index in [4.69, 9.17) is 9.47 Å². The highest BCUT2D eigenvalue weighted by atomic mass is 79.9. The van der Waals surface area contributed by atoms with E-state index in [0.717, 1.165) is 51.8 Å². The number of halogens is 1. The van der Waals surface area contributed by atoms with E-state index < -0.39 is 5.92 Å². The minimum atomic E-state index is -0.410. The van der Waals surface area contributed by atoms with Gasteiger partial charge >= 0.3 is 0 Å². The number of hydrogen-bond acceptors (Lipinski definition) is 5. The molecule has 0 spiro atoms. The van der Waals surface area contributed by atoms with Crippen molar-refractivity contribution in [2.75, 3.05) is 13.2 Å². The monoisotopic (exact) mass is 529 g/mol. The van der Waals surface area contributed by atoms with Gasteiger partial charge < -0.3 is 14.8 Å². The van der Waals surface area contributed by atoms with Crippen LogP contribution >= 0.6 is 15.9 Å². The zero-order valence-corrected chi connectivity index (χ0v) is 22.8. The SMILES string of the molecule is CCCOc1cc(Br)c(C2C3=C(CC(C)(C)CC3=O)NC3=C2C(=O)CC(C)(C)C3)cc1OCC. The lowest BCUT2D eigenvalue weighted by atomic mass is 9.64. The quantitative estimate of drug-likeness (QED) is 0.449. The van der Waals surface area contributed by atoms with Crippen LogP contribution in [0.15, 0.2) is 39.1 Å². The van der Waals surface area contributed by atoms with Crippen LogP contribution in [-0.2, 0) is 9.59 Å². The average Bonchev–Trinajstić information content (AvgIpc) is 2.70. The number of ketones is 2. The zero-order valence-electron chi connectivity index (χ0n) is 21.2. The predicted octanol–water partition coefficient (Wildman–Crippen LogP) is 6.61. The molecule has 1 aromatic rings. The summed E-state index contributed by atoms with van der Waals surface area (Å²) in [5.74, 6) is 1.13. The Labute approximate surface area is 211 Å². The first kappa shape index (κ1) is 25.0. The van der Waals surface area contributed by atoms with Crippen molar-refractivity contribution in [3.8, 4) is 11.5 Å². The fourth-order valence-electron chi connectivity index (χ4n) is 5.57. The Morgan fingerprint density at radius 2 is 1.41 bits per heavy atom. The predicted molar refractivity (Wildman–Crippen MR) is 137 cm³/mol. The van der Waals surface area contributed by atoms with Crippen molar-refractivity contribution >= 4 is 27.5 Å². The molecular weight excluding hydrogens is 494 g/mol. The summed E-state index contributed by atoms with van der Waals surface area (Å²) < 4.78 is 12.7. The van der Waals surface area contributed by atoms with Crippen LogP contribution in [0.2, 0.25) is 0 Å². The van der Waals surface area contributed by atoms with E-state index in [0.29, 0.717) is 37.6 Å². The molecule has 1 heterocycles. The molecule has 1 aliphatic heterocycles. The van der Waals surface area contributed by atoms with E-state index in [2.05, 4.69) is 55.9 Å². The molecular formula is C28H36BrNO4. The Morgan fingerprint density at radius 3 is 1.91 bits per heavy atom. The van der Waals surface area contributed by atoms with Crippen LogP contribution in [0.1, 0.15) is 85.1 Å². The number of rotatable bonds is 6. The topological polar surface area (TPSA) is 64.6 Å². The number of benzene rings is 1. The minimum absolute atomic E-state index is 0.115. The second kappa shape index (κ2) is 9.18. The first-order valence-electron chi connectivity index (χ1n) is 12.3. The van der Waals surface area contributed by atoms with Gasteiger partial charge in [0, 0.05) is 45.8 Å². The number of Topliss-reactive ketones (excluding diaryl/α,β-unsaturated/α-hetero) is 2. The molecule has 2 aliphatic carbocycles. The summed E-state index contributed by atoms with van der Waals surface area (Å²) in [4.78, 5) is 27.1. The highest BCUT2D eigenvalue weighted by molar-refractivity contribution is 9.10. The van der Waals surface area contributed by atoms with Crippen LogP contribution in [0, 0.1) is 10.8 Å². The third-order valence-electron chi connectivity index (χ3n) is 6.85. The molecule has 3 aliphatic rings. The fraction of sp³-hybridized carbons (Fsp3) is 0.571. The highest BCUT2D eigenvalue weighted by Crippen LogP contribution is 2.53. The van der Waals surface area contributed by atoms with Crippen LogP contribution in [0.4, 0.5) is 0 Å². The summed E-state index contributed by atoms with van der Waals surface area (Å²) in [6, 6.07) is 3.89. The van der Waals surface area contributed by atoms with Gasteiger partial charge in [-0.2, -0.15) is 0 Å². The maximum atomic E-state index is 13.6. The third kappa shape index (κ3) is 4.71. The molecule has 0 fully saturated rings. The molecule has 0 aromatic heterocycles. The molecule has 184 valence electrons. The Hall–Kier alpha value is -2.08. The lowest BCUT2D eigenvalue weighted by Gasteiger charge is -2.44. The summed E-state index contributed by atoms with van der Waals surface area (Å²) in [6.07, 6.45) is 3.40. The molecule has 0 radical (unpaired) electrons. The fourth-order valence-corrected chi connectivity index (χ4v) is 6.12. The second-order valence-electron chi connectivity index (χ2n) is 11.3. The van der Waals surface area contributed by atoms with Gasteiger partial charge in [0.25, 0.3) is 0 Å². The Balaban J connectivity index is 1.92. The van der Waals surface area contributed by atoms with Crippen molar-refractivity contribution in [1.29, 1.82) is 0 Å². The van der Waals surface area contributed by atoms with E-state index in [1.54, 1.807) is 0 Å². The van der Waals surface area contributed by atoms with Crippen LogP contribution in [-0.4, -0.2) is 24.8 Å². The van der Waals surface area contributed by atoms with Crippen molar-refractivity contribution in [3.63, 3.8) is 0 Å². The summed E-state index contributed by atoms with van der Waals surface area (Å²) >= 11 is 3.75. The van der Waals surface area contributed by atoms with E-state index >= 15 is 0 Å². The van der Waals surface area contributed by atoms with Gasteiger partial charge in [0.05, 0.1) is 13.2 Å². The molecule has 0 saturated carbocycles. The number of carbonyl (C=O) groups is 2. The van der Waals surface area contributed by atoms with E-state index in [1.165, 1.54) is 0 Å². The number of ether oxygens (including phenoxy) is 2. The average molecular weight is 531 g/mol. The molecule has 0 atom stereocenters. The van der Waals surface area contributed by atoms with Gasteiger partial charge in [-0.3, -0.25) is 9.59 Å². The molecule has 0 saturated heterocycles. The maximum absolute atomic E-state index is 13.6. The molecule has 34 heavy (non-hydrogen) atoms. The van der Waals surface area contributed by atoms with Gasteiger partial charge in [0.2, 0.25) is 0 Å². The van der Waals surface area contributed by atoms with E-state index in [9.17, 15) is 9.59 Å². The smallest absolute Gasteiger partial charge is 0.162 e. The van der Waals surface area contributed by atoms with Gasteiger partial charge in [-0.15, -0.1) is 0 Å². The summed E-state index contributed by atoms with van der Waals surface area (Å²) in [6.45, 7) is 13.6. The Kier molecular flexibility index (Phi) is 6.75. The van der Waals surface area contributed by atoms with Crippen molar-refractivity contribution in [1.82, 2.24) is 5.32 Å². The standard InChI is InChI=1S/C28H36BrNO4/c1-7-9-34-23-11-17(29)16(10-22(23)33-8-2)24-25-18(12-27(3,4)14-20(25)31)30-19-13-28(5,6)15-21(32)26(19)24/h10-11,24,30H,7-9,12-15H2,1-6H3. The van der Waals surface area contributed by atoms with Crippen LogP contribution in [0.3, 0.4) is 0 Å². The van der Waals surface area contributed by atoms with Gasteiger partial charge in [-0.25, -0.2) is 0 Å². The van der Waals surface area contributed by atoms with Crippen LogP contribution < -0.4 is 14.8 Å². The van der Waals surface area contributed by atoms with Crippen LogP contribution in [0.5, 0.6) is 11.5 Å². The van der Waals surface area contributed by atoms with Crippen molar-refractivity contribution in [2.24, 2.45) is 10.8 Å². The number of hydrogen-bond donors (Lipinski definition) is 1. The van der Waals surface area contributed by atoms with E-state index in [1.807, 2.05) is 19.1 Å². The van der Waals surface area contributed by atoms with Crippen molar-refractivity contribution < 1.29 is 19.1 Å². The van der Waals surface area contributed by atoms with Crippen molar-refractivity contribution in [2.45, 2.75) is 79.6 Å². The van der Waals surface area contributed by atoms with E-state index in [-0.39, 0.29) is 22.4 Å². The molecule has 0 amide bonds. The van der Waals surface area contributed by atoms with Gasteiger partial charge in [-0.05, 0) is 54.7 Å². The first-order valence-corrected chi connectivity index (χ1v) is 13.1. The molecule has 6 heteroatoms. The molecule has 0 bridgehead atoms. The lowest BCUT2D eigenvalue weighted by molar-refractivity contribution is -0.119. The molecule has 1 aromatic carbocycles. The zero-order chi connectivity index (χ0) is 24.8. The van der Waals surface area contributed by atoms with Gasteiger partial charge in [0.15, 0.2) is 23.1 Å². The number of allylic oxidation sites excluding steroid dienone is 4. The number of carbonyl (C=O) groups excluding carboxylic acids is 2. The molecule has 4 rings (SSSR count).